The molecular weight excluding hydrogens is 185 g/mol. The number of benzene rings is 1. The summed E-state index contributed by atoms with van der Waals surface area (Å²) in [6, 6.07) is 5.07. The van der Waals surface area contributed by atoms with Crippen LogP contribution in [-0.4, -0.2) is 0 Å². The highest BCUT2D eigenvalue weighted by atomic mass is 35.5. The third-order valence-electron chi connectivity index (χ3n) is 1.28. The summed E-state index contributed by atoms with van der Waals surface area (Å²) in [7, 11) is 0. The van der Waals surface area contributed by atoms with Gasteiger partial charge in [0, 0.05) is 15.6 Å². The summed E-state index contributed by atoms with van der Waals surface area (Å²) in [5, 5.41) is 3.68. The first kappa shape index (κ1) is 8.50. The van der Waals surface area contributed by atoms with Crippen molar-refractivity contribution in [1.82, 2.24) is 0 Å². The van der Waals surface area contributed by atoms with Crippen LogP contribution < -0.4 is 0 Å². The topological polar surface area (TPSA) is 29.4 Å². The Kier molecular flexibility index (Phi) is 2.85. The van der Waals surface area contributed by atoms with E-state index in [2.05, 4.69) is 5.18 Å². The summed E-state index contributed by atoms with van der Waals surface area (Å²) in [6.45, 7) is 0.0263. The van der Waals surface area contributed by atoms with Crippen molar-refractivity contribution in [2.75, 3.05) is 0 Å². The van der Waals surface area contributed by atoms with Crippen LogP contribution in [0.1, 0.15) is 5.56 Å². The molecule has 1 aromatic rings. The minimum absolute atomic E-state index is 0.0263. The Balaban J connectivity index is 3.09. The Bertz CT molecular complexity index is 255. The van der Waals surface area contributed by atoms with E-state index in [9.17, 15) is 4.91 Å². The number of nitroso groups, excluding NO2 is 1. The van der Waals surface area contributed by atoms with Crippen molar-refractivity contribution in [2.45, 2.75) is 6.54 Å². The number of hydrogen-bond acceptors (Lipinski definition) is 2. The van der Waals surface area contributed by atoms with E-state index in [1.165, 1.54) is 0 Å². The van der Waals surface area contributed by atoms with Gasteiger partial charge in [-0.15, -0.1) is 0 Å². The fourth-order valence-corrected chi connectivity index (χ4v) is 1.26. The van der Waals surface area contributed by atoms with Crippen molar-refractivity contribution in [1.29, 1.82) is 0 Å². The second-order valence-electron chi connectivity index (χ2n) is 1.99. The predicted octanol–water partition coefficient (Wildman–Crippen LogP) is 3.26. The van der Waals surface area contributed by atoms with Gasteiger partial charge in [-0.3, -0.25) is 0 Å². The third kappa shape index (κ3) is 1.91. The summed E-state index contributed by atoms with van der Waals surface area (Å²) >= 11 is 11.4. The molecular formula is C7H5Cl2NO. The molecule has 0 spiro atoms. The van der Waals surface area contributed by atoms with E-state index in [0.717, 1.165) is 0 Å². The van der Waals surface area contributed by atoms with Crippen molar-refractivity contribution in [3.8, 4) is 0 Å². The van der Waals surface area contributed by atoms with E-state index in [1.54, 1.807) is 18.2 Å². The van der Waals surface area contributed by atoms with E-state index < -0.39 is 0 Å². The van der Waals surface area contributed by atoms with Gasteiger partial charge in [-0.05, 0) is 12.1 Å². The fraction of sp³-hybridized carbons (Fsp3) is 0.143. The van der Waals surface area contributed by atoms with Crippen LogP contribution in [0.5, 0.6) is 0 Å². The molecule has 0 aromatic heterocycles. The highest BCUT2D eigenvalue weighted by Crippen LogP contribution is 2.24. The van der Waals surface area contributed by atoms with Crippen molar-refractivity contribution in [3.05, 3.63) is 38.7 Å². The van der Waals surface area contributed by atoms with Crippen LogP contribution >= 0.6 is 23.2 Å². The van der Waals surface area contributed by atoms with Gasteiger partial charge in [0.05, 0.1) is 0 Å². The van der Waals surface area contributed by atoms with E-state index in [4.69, 9.17) is 23.2 Å². The summed E-state index contributed by atoms with van der Waals surface area (Å²) in [6.07, 6.45) is 0. The first-order valence-electron chi connectivity index (χ1n) is 2.97. The zero-order valence-corrected chi connectivity index (χ0v) is 7.06. The zero-order chi connectivity index (χ0) is 8.27. The van der Waals surface area contributed by atoms with Crippen LogP contribution in [0.2, 0.25) is 10.0 Å². The molecule has 1 rings (SSSR count). The van der Waals surface area contributed by atoms with Crippen LogP contribution in [0.25, 0.3) is 0 Å². The van der Waals surface area contributed by atoms with Crippen LogP contribution in [-0.2, 0) is 6.54 Å². The van der Waals surface area contributed by atoms with Crippen molar-refractivity contribution < 1.29 is 0 Å². The van der Waals surface area contributed by atoms with Gasteiger partial charge in [0.2, 0.25) is 0 Å². The SMILES string of the molecule is O=NCc1c(Cl)cccc1Cl. The van der Waals surface area contributed by atoms with Gasteiger partial charge in [0.1, 0.15) is 6.54 Å². The summed E-state index contributed by atoms with van der Waals surface area (Å²) < 4.78 is 0. The summed E-state index contributed by atoms with van der Waals surface area (Å²) in [5.74, 6) is 0. The molecule has 0 saturated carbocycles. The highest BCUT2D eigenvalue weighted by molar-refractivity contribution is 6.35. The van der Waals surface area contributed by atoms with Crippen LogP contribution in [0.3, 0.4) is 0 Å². The van der Waals surface area contributed by atoms with Crippen LogP contribution in [0.4, 0.5) is 0 Å². The second-order valence-corrected chi connectivity index (χ2v) is 2.80. The fourth-order valence-electron chi connectivity index (χ4n) is 0.748. The van der Waals surface area contributed by atoms with E-state index in [-0.39, 0.29) is 6.54 Å². The molecule has 0 N–H and O–H groups in total. The molecule has 11 heavy (non-hydrogen) atoms. The quantitative estimate of drug-likeness (QED) is 0.658. The molecule has 4 heteroatoms. The molecule has 0 aliphatic carbocycles. The number of rotatable bonds is 2. The lowest BCUT2D eigenvalue weighted by molar-refractivity contribution is 1.06. The third-order valence-corrected chi connectivity index (χ3v) is 1.99. The van der Waals surface area contributed by atoms with Gasteiger partial charge in [0.25, 0.3) is 0 Å². The van der Waals surface area contributed by atoms with Gasteiger partial charge in [-0.25, -0.2) is 0 Å². The maximum absolute atomic E-state index is 9.91. The zero-order valence-electron chi connectivity index (χ0n) is 5.55. The lowest BCUT2D eigenvalue weighted by Gasteiger charge is -1.99. The summed E-state index contributed by atoms with van der Waals surface area (Å²) in [4.78, 5) is 9.91. The molecule has 0 heterocycles. The number of hydrogen-bond donors (Lipinski definition) is 0. The minimum atomic E-state index is 0.0263. The van der Waals surface area contributed by atoms with Gasteiger partial charge < -0.3 is 0 Å². The first-order valence-corrected chi connectivity index (χ1v) is 3.73. The standard InChI is InChI=1S/C7H5Cl2NO/c8-6-2-1-3-7(9)5(6)4-10-11/h1-3H,4H2. The highest BCUT2D eigenvalue weighted by Gasteiger charge is 2.03. The molecule has 0 radical (unpaired) electrons. The molecule has 0 amide bonds. The van der Waals surface area contributed by atoms with Crippen LogP contribution in [0, 0.1) is 4.91 Å². The average Bonchev–Trinajstić information content (AvgIpc) is 1.97. The minimum Gasteiger partial charge on any atom is -0.150 e. The number of halogens is 2. The largest absolute Gasteiger partial charge is 0.150 e. The number of nitrogens with zero attached hydrogens (tertiary/aromatic N) is 1. The Morgan fingerprint density at radius 2 is 1.82 bits per heavy atom. The van der Waals surface area contributed by atoms with E-state index in [0.29, 0.717) is 15.6 Å². The molecule has 58 valence electrons. The van der Waals surface area contributed by atoms with Crippen molar-refractivity contribution >= 4 is 23.2 Å². The second kappa shape index (κ2) is 3.69. The van der Waals surface area contributed by atoms with Gasteiger partial charge in [0.15, 0.2) is 0 Å². The predicted molar refractivity (Wildman–Crippen MR) is 46.0 cm³/mol. The molecule has 0 unspecified atom stereocenters. The van der Waals surface area contributed by atoms with Gasteiger partial charge in [-0.1, -0.05) is 34.4 Å². The first-order chi connectivity index (χ1) is 5.25. The molecule has 1 aromatic carbocycles. The molecule has 0 atom stereocenters. The molecule has 2 nitrogen and oxygen atoms in total. The Morgan fingerprint density at radius 3 is 2.27 bits per heavy atom. The molecule has 0 aliphatic rings. The lowest BCUT2D eigenvalue weighted by atomic mass is 10.2. The van der Waals surface area contributed by atoms with Gasteiger partial charge in [-0.2, -0.15) is 4.91 Å². The van der Waals surface area contributed by atoms with Gasteiger partial charge >= 0.3 is 0 Å². The Hall–Kier alpha value is -0.600. The average molecular weight is 190 g/mol. The normalized spacial score (nSPS) is 9.64. The summed E-state index contributed by atoms with van der Waals surface area (Å²) in [5.41, 5.74) is 0.589. The Labute approximate surface area is 74.1 Å². The van der Waals surface area contributed by atoms with Crippen molar-refractivity contribution in [3.63, 3.8) is 0 Å². The monoisotopic (exact) mass is 189 g/mol. The molecule has 0 aliphatic heterocycles. The maximum atomic E-state index is 9.91. The Morgan fingerprint density at radius 1 is 1.27 bits per heavy atom. The smallest absolute Gasteiger partial charge is 0.109 e. The van der Waals surface area contributed by atoms with E-state index in [1.807, 2.05) is 0 Å². The molecule has 0 fully saturated rings. The molecule has 0 saturated heterocycles. The lowest BCUT2D eigenvalue weighted by Crippen LogP contribution is -1.83. The van der Waals surface area contributed by atoms with E-state index >= 15 is 0 Å². The maximum Gasteiger partial charge on any atom is 0.109 e. The van der Waals surface area contributed by atoms with Crippen LogP contribution in [0.15, 0.2) is 23.4 Å². The van der Waals surface area contributed by atoms with Crippen molar-refractivity contribution in [2.24, 2.45) is 5.18 Å². The molecule has 0 bridgehead atoms.